The van der Waals surface area contributed by atoms with Crippen LogP contribution in [0.15, 0.2) is 0 Å². The van der Waals surface area contributed by atoms with Gasteiger partial charge in [-0.1, -0.05) is 265 Å². The van der Waals surface area contributed by atoms with E-state index in [4.69, 9.17) is 14.2 Å². The van der Waals surface area contributed by atoms with Crippen LogP contribution in [-0.4, -0.2) is 37.2 Å². The summed E-state index contributed by atoms with van der Waals surface area (Å²) in [5.74, 6) is -0.0248. The van der Waals surface area contributed by atoms with Gasteiger partial charge < -0.3 is 14.2 Å². The molecule has 356 valence electrons. The minimum Gasteiger partial charge on any atom is -0.462 e. The molecule has 6 nitrogen and oxygen atoms in total. The van der Waals surface area contributed by atoms with Crippen molar-refractivity contribution in [2.75, 3.05) is 13.2 Å². The molecule has 0 rings (SSSR count). The van der Waals surface area contributed by atoms with Gasteiger partial charge in [0.15, 0.2) is 6.10 Å². The van der Waals surface area contributed by atoms with Crippen molar-refractivity contribution in [2.24, 2.45) is 5.92 Å². The molecule has 0 saturated heterocycles. The van der Waals surface area contributed by atoms with Gasteiger partial charge in [0, 0.05) is 19.3 Å². The van der Waals surface area contributed by atoms with Crippen molar-refractivity contribution in [1.29, 1.82) is 0 Å². The minimum absolute atomic E-state index is 0.0626. The maximum absolute atomic E-state index is 12.8. The summed E-state index contributed by atoms with van der Waals surface area (Å²) < 4.78 is 16.8. The van der Waals surface area contributed by atoms with Crippen LogP contribution in [0.3, 0.4) is 0 Å². The van der Waals surface area contributed by atoms with Crippen LogP contribution in [0.2, 0.25) is 0 Å². The maximum Gasteiger partial charge on any atom is 0.306 e. The zero-order valence-electron chi connectivity index (χ0n) is 40.9. The van der Waals surface area contributed by atoms with E-state index < -0.39 is 6.10 Å². The van der Waals surface area contributed by atoms with Gasteiger partial charge in [-0.05, 0) is 25.2 Å². The Balaban J connectivity index is 4.25. The van der Waals surface area contributed by atoms with Gasteiger partial charge in [0.2, 0.25) is 0 Å². The standard InChI is InChI=1S/C54H104O6/c1-5-7-9-11-13-15-17-18-19-20-21-22-23-25-29-33-37-41-45-52(55)58-48-51(60-54(57)47-43-39-35-31-24-16-14-12-10-8-6-2)49-59-53(56)46-42-38-34-30-27-26-28-32-36-40-44-50(3)4/h50-51H,5-49H2,1-4H3/t51-/m0/s1. The molecule has 0 aliphatic heterocycles. The van der Waals surface area contributed by atoms with Crippen molar-refractivity contribution < 1.29 is 28.6 Å². The first-order valence-corrected chi connectivity index (χ1v) is 26.9. The number of unbranched alkanes of at least 4 members (excludes halogenated alkanes) is 36. The normalized spacial score (nSPS) is 11.9. The van der Waals surface area contributed by atoms with Crippen LogP contribution < -0.4 is 0 Å². The Bertz CT molecular complexity index is 903. The molecule has 0 fully saturated rings. The summed E-state index contributed by atoms with van der Waals surface area (Å²) in [7, 11) is 0. The van der Waals surface area contributed by atoms with Crippen molar-refractivity contribution >= 4 is 17.9 Å². The average Bonchev–Trinajstić information content (AvgIpc) is 3.23. The van der Waals surface area contributed by atoms with Gasteiger partial charge in [0.05, 0.1) is 0 Å². The van der Waals surface area contributed by atoms with Gasteiger partial charge >= 0.3 is 17.9 Å². The van der Waals surface area contributed by atoms with Crippen LogP contribution in [0.25, 0.3) is 0 Å². The van der Waals surface area contributed by atoms with E-state index in [1.54, 1.807) is 0 Å². The molecule has 0 bridgehead atoms. The number of rotatable bonds is 49. The lowest BCUT2D eigenvalue weighted by atomic mass is 10.0. The summed E-state index contributed by atoms with van der Waals surface area (Å²) in [5.41, 5.74) is 0. The lowest BCUT2D eigenvalue weighted by Gasteiger charge is -2.18. The van der Waals surface area contributed by atoms with E-state index in [1.165, 1.54) is 199 Å². The molecule has 0 spiro atoms. The fourth-order valence-electron chi connectivity index (χ4n) is 8.22. The Hall–Kier alpha value is -1.59. The van der Waals surface area contributed by atoms with Crippen molar-refractivity contribution in [1.82, 2.24) is 0 Å². The highest BCUT2D eigenvalue weighted by Gasteiger charge is 2.19. The van der Waals surface area contributed by atoms with E-state index in [9.17, 15) is 14.4 Å². The highest BCUT2D eigenvalue weighted by Crippen LogP contribution is 2.17. The predicted octanol–water partition coefficient (Wildman–Crippen LogP) is 17.5. The molecule has 0 aromatic rings. The predicted molar refractivity (Wildman–Crippen MR) is 257 cm³/mol. The number of carbonyl (C=O) groups excluding carboxylic acids is 3. The Morgan fingerprint density at radius 2 is 0.550 bits per heavy atom. The maximum atomic E-state index is 12.8. The zero-order valence-corrected chi connectivity index (χ0v) is 40.9. The third-order valence-corrected chi connectivity index (χ3v) is 12.3. The number of hydrogen-bond acceptors (Lipinski definition) is 6. The SMILES string of the molecule is CCCCCCCCCCCCCCCCCCCCC(=O)OC[C@@H](COC(=O)CCCCCCCCCCCCC(C)C)OC(=O)CCCCCCCCCCCCC. The Kier molecular flexibility index (Phi) is 47.2. The first-order chi connectivity index (χ1) is 29.4. The summed E-state index contributed by atoms with van der Waals surface area (Å²) in [6.07, 6.45) is 50.9. The van der Waals surface area contributed by atoms with Gasteiger partial charge in [0.25, 0.3) is 0 Å². The Labute approximate surface area is 374 Å². The van der Waals surface area contributed by atoms with Crippen LogP contribution in [0.5, 0.6) is 0 Å². The van der Waals surface area contributed by atoms with Crippen LogP contribution in [0, 0.1) is 5.92 Å². The largest absolute Gasteiger partial charge is 0.462 e. The van der Waals surface area contributed by atoms with Crippen molar-refractivity contribution in [2.45, 2.75) is 310 Å². The average molecular weight is 849 g/mol. The molecule has 0 radical (unpaired) electrons. The van der Waals surface area contributed by atoms with E-state index in [-0.39, 0.29) is 31.1 Å². The second kappa shape index (κ2) is 48.4. The summed E-state index contributed by atoms with van der Waals surface area (Å²) in [5, 5.41) is 0. The molecule has 0 amide bonds. The van der Waals surface area contributed by atoms with Crippen molar-refractivity contribution in [3.63, 3.8) is 0 Å². The van der Waals surface area contributed by atoms with Gasteiger partial charge in [-0.25, -0.2) is 0 Å². The molecule has 0 unspecified atom stereocenters. The third kappa shape index (κ3) is 47.5. The Morgan fingerprint density at radius 3 is 0.817 bits per heavy atom. The summed E-state index contributed by atoms with van der Waals surface area (Å²) in [6.45, 7) is 9.02. The third-order valence-electron chi connectivity index (χ3n) is 12.3. The number of esters is 3. The van der Waals surface area contributed by atoms with Crippen molar-refractivity contribution in [3.8, 4) is 0 Å². The van der Waals surface area contributed by atoms with Crippen LogP contribution in [0.1, 0.15) is 304 Å². The monoisotopic (exact) mass is 849 g/mol. The molecule has 0 aromatic heterocycles. The van der Waals surface area contributed by atoms with E-state index in [0.29, 0.717) is 19.3 Å². The van der Waals surface area contributed by atoms with E-state index in [1.807, 2.05) is 0 Å². The second-order valence-electron chi connectivity index (χ2n) is 19.0. The van der Waals surface area contributed by atoms with E-state index in [0.717, 1.165) is 63.7 Å². The molecule has 6 heteroatoms. The van der Waals surface area contributed by atoms with Gasteiger partial charge in [-0.2, -0.15) is 0 Å². The van der Waals surface area contributed by atoms with Crippen LogP contribution in [-0.2, 0) is 28.6 Å². The smallest absolute Gasteiger partial charge is 0.306 e. The molecule has 60 heavy (non-hydrogen) atoms. The number of hydrogen-bond donors (Lipinski definition) is 0. The molecule has 0 aliphatic carbocycles. The second-order valence-corrected chi connectivity index (χ2v) is 19.0. The minimum atomic E-state index is -0.760. The lowest BCUT2D eigenvalue weighted by molar-refractivity contribution is -0.167. The van der Waals surface area contributed by atoms with Crippen molar-refractivity contribution in [3.05, 3.63) is 0 Å². The topological polar surface area (TPSA) is 78.9 Å². The van der Waals surface area contributed by atoms with E-state index >= 15 is 0 Å². The number of carbonyl (C=O) groups is 3. The zero-order chi connectivity index (χ0) is 43.8. The fraction of sp³-hybridized carbons (Fsp3) is 0.944. The lowest BCUT2D eigenvalue weighted by Crippen LogP contribution is -2.30. The Morgan fingerprint density at radius 1 is 0.317 bits per heavy atom. The van der Waals surface area contributed by atoms with Gasteiger partial charge in [-0.3, -0.25) is 14.4 Å². The quantitative estimate of drug-likeness (QED) is 0.0345. The van der Waals surface area contributed by atoms with Crippen LogP contribution >= 0.6 is 0 Å². The molecular weight excluding hydrogens is 745 g/mol. The summed E-state index contributed by atoms with van der Waals surface area (Å²) in [6, 6.07) is 0. The molecule has 0 aromatic carbocycles. The molecule has 0 aliphatic rings. The summed E-state index contributed by atoms with van der Waals surface area (Å²) in [4.78, 5) is 37.9. The molecule has 0 N–H and O–H groups in total. The first kappa shape index (κ1) is 58.4. The number of ether oxygens (including phenoxy) is 3. The van der Waals surface area contributed by atoms with E-state index in [2.05, 4.69) is 27.7 Å². The van der Waals surface area contributed by atoms with Gasteiger partial charge in [-0.15, -0.1) is 0 Å². The highest BCUT2D eigenvalue weighted by atomic mass is 16.6. The molecular formula is C54H104O6. The molecule has 1 atom stereocenters. The van der Waals surface area contributed by atoms with Gasteiger partial charge in [0.1, 0.15) is 13.2 Å². The molecule has 0 heterocycles. The fourth-order valence-corrected chi connectivity index (χ4v) is 8.22. The first-order valence-electron chi connectivity index (χ1n) is 26.9. The van der Waals surface area contributed by atoms with Crippen LogP contribution in [0.4, 0.5) is 0 Å². The summed E-state index contributed by atoms with van der Waals surface area (Å²) >= 11 is 0. The highest BCUT2D eigenvalue weighted by molar-refractivity contribution is 5.71. The molecule has 0 saturated carbocycles.